The van der Waals surface area contributed by atoms with E-state index in [-0.39, 0.29) is 10.8 Å². The summed E-state index contributed by atoms with van der Waals surface area (Å²) < 4.78 is 27.6. The Morgan fingerprint density at radius 1 is 0.812 bits per heavy atom. The second kappa shape index (κ2) is 9.27. The molecule has 2 atom stereocenters. The lowest BCUT2D eigenvalue weighted by atomic mass is 9.94. The van der Waals surface area contributed by atoms with Gasteiger partial charge in [-0.05, 0) is 65.8 Å². The molecule has 1 aliphatic rings. The minimum absolute atomic E-state index is 0.237. The van der Waals surface area contributed by atoms with Gasteiger partial charge in [0, 0.05) is 24.3 Å². The summed E-state index contributed by atoms with van der Waals surface area (Å²) in [4.78, 5) is 12.9. The molecule has 1 saturated heterocycles. The predicted octanol–water partition coefficient (Wildman–Crippen LogP) is 5.27. The van der Waals surface area contributed by atoms with Gasteiger partial charge in [-0.1, -0.05) is 56.3 Å². The van der Waals surface area contributed by atoms with Gasteiger partial charge in [-0.3, -0.25) is 4.79 Å². The molecule has 6 heteroatoms. The summed E-state index contributed by atoms with van der Waals surface area (Å²) in [6.07, 6.45) is 1.04. The van der Waals surface area contributed by atoms with Gasteiger partial charge in [0.2, 0.25) is 10.0 Å². The van der Waals surface area contributed by atoms with E-state index in [9.17, 15) is 13.2 Å². The Balaban J connectivity index is 1.44. The molecule has 1 aliphatic heterocycles. The van der Waals surface area contributed by atoms with E-state index in [1.54, 1.807) is 40.7 Å². The zero-order valence-electron chi connectivity index (χ0n) is 18.4. The van der Waals surface area contributed by atoms with Gasteiger partial charge >= 0.3 is 0 Å². The molecule has 3 aromatic rings. The van der Waals surface area contributed by atoms with Gasteiger partial charge < -0.3 is 5.32 Å². The summed E-state index contributed by atoms with van der Waals surface area (Å²) in [6.45, 7) is 5.26. The molecule has 3 aromatic carbocycles. The average molecular weight is 449 g/mol. The maximum atomic E-state index is 13.0. The molecular formula is C26H28N2O3S. The number of sulfonamides is 1. The van der Waals surface area contributed by atoms with Crippen LogP contribution in [-0.2, 0) is 10.0 Å². The van der Waals surface area contributed by atoms with Crippen LogP contribution in [0.1, 0.15) is 30.6 Å². The summed E-state index contributed by atoms with van der Waals surface area (Å²) >= 11 is 0. The molecule has 0 aromatic heterocycles. The summed E-state index contributed by atoms with van der Waals surface area (Å²) in [5.74, 6) is 0.458. The first-order valence-corrected chi connectivity index (χ1v) is 12.3. The van der Waals surface area contributed by atoms with Crippen LogP contribution in [0.2, 0.25) is 0 Å². The summed E-state index contributed by atoms with van der Waals surface area (Å²) in [7, 11) is -3.54. The Morgan fingerprint density at radius 2 is 1.38 bits per heavy atom. The Labute approximate surface area is 190 Å². The summed E-state index contributed by atoms with van der Waals surface area (Å²) in [6, 6.07) is 23.8. The Morgan fingerprint density at radius 3 is 1.97 bits per heavy atom. The molecule has 0 bridgehead atoms. The van der Waals surface area contributed by atoms with E-state index >= 15 is 0 Å². The van der Waals surface area contributed by atoms with Crippen molar-refractivity contribution < 1.29 is 13.2 Å². The van der Waals surface area contributed by atoms with E-state index < -0.39 is 10.0 Å². The lowest BCUT2D eigenvalue weighted by molar-refractivity contribution is 0.102. The number of benzene rings is 3. The van der Waals surface area contributed by atoms with Gasteiger partial charge in [-0.2, -0.15) is 4.31 Å². The quantitative estimate of drug-likeness (QED) is 0.578. The number of amides is 1. The molecule has 1 fully saturated rings. The van der Waals surface area contributed by atoms with Crippen molar-refractivity contribution in [1.82, 2.24) is 4.31 Å². The highest BCUT2D eigenvalue weighted by Gasteiger charge is 2.31. The van der Waals surface area contributed by atoms with Crippen molar-refractivity contribution in [2.45, 2.75) is 25.2 Å². The van der Waals surface area contributed by atoms with E-state index in [0.29, 0.717) is 36.2 Å². The number of rotatable bonds is 5. The molecule has 0 aliphatic carbocycles. The number of hydrogen-bond acceptors (Lipinski definition) is 3. The third kappa shape index (κ3) is 4.92. The van der Waals surface area contributed by atoms with Crippen molar-refractivity contribution in [1.29, 1.82) is 0 Å². The normalized spacial score (nSPS) is 19.4. The van der Waals surface area contributed by atoms with Crippen molar-refractivity contribution in [3.05, 3.63) is 84.4 Å². The van der Waals surface area contributed by atoms with Gasteiger partial charge in [0.1, 0.15) is 0 Å². The first-order chi connectivity index (χ1) is 15.3. The molecule has 166 valence electrons. The fraction of sp³-hybridized carbons (Fsp3) is 0.269. The maximum Gasteiger partial charge on any atom is 0.255 e. The SMILES string of the molecule is CC1CC(C)CN(S(=O)(=O)c2ccc(NC(=O)c3ccc(-c4ccccc4)cc3)cc2)C1. The fourth-order valence-corrected chi connectivity index (χ4v) is 5.99. The zero-order chi connectivity index (χ0) is 22.7. The van der Waals surface area contributed by atoms with Gasteiger partial charge in [0.15, 0.2) is 0 Å². The highest BCUT2D eigenvalue weighted by molar-refractivity contribution is 7.89. The van der Waals surface area contributed by atoms with Crippen LogP contribution in [0, 0.1) is 11.8 Å². The van der Waals surface area contributed by atoms with Crippen molar-refractivity contribution >= 4 is 21.6 Å². The number of piperidine rings is 1. The van der Waals surface area contributed by atoms with E-state index in [4.69, 9.17) is 0 Å². The van der Waals surface area contributed by atoms with Gasteiger partial charge in [0.05, 0.1) is 4.90 Å². The number of carbonyl (C=O) groups is 1. The summed E-state index contributed by atoms with van der Waals surface area (Å²) in [5.41, 5.74) is 3.23. The van der Waals surface area contributed by atoms with Gasteiger partial charge in [-0.25, -0.2) is 8.42 Å². The lowest BCUT2D eigenvalue weighted by Crippen LogP contribution is -2.42. The minimum atomic E-state index is -3.54. The number of nitrogens with zero attached hydrogens (tertiary/aromatic N) is 1. The fourth-order valence-electron chi connectivity index (χ4n) is 4.31. The van der Waals surface area contributed by atoms with Crippen LogP contribution in [-0.4, -0.2) is 31.7 Å². The van der Waals surface area contributed by atoms with Crippen LogP contribution in [0.15, 0.2) is 83.8 Å². The highest BCUT2D eigenvalue weighted by atomic mass is 32.2. The monoisotopic (exact) mass is 448 g/mol. The van der Waals surface area contributed by atoms with E-state index in [1.807, 2.05) is 42.5 Å². The average Bonchev–Trinajstić information content (AvgIpc) is 2.79. The smallest absolute Gasteiger partial charge is 0.255 e. The third-order valence-corrected chi connectivity index (χ3v) is 7.69. The summed E-state index contributed by atoms with van der Waals surface area (Å²) in [5, 5.41) is 2.84. The molecule has 1 N–H and O–H groups in total. The van der Waals surface area contributed by atoms with Crippen LogP contribution < -0.4 is 5.32 Å². The first-order valence-electron chi connectivity index (χ1n) is 10.9. The third-order valence-electron chi connectivity index (χ3n) is 5.84. The van der Waals surface area contributed by atoms with Crippen LogP contribution in [0.5, 0.6) is 0 Å². The van der Waals surface area contributed by atoms with E-state index in [0.717, 1.165) is 17.5 Å². The van der Waals surface area contributed by atoms with Crippen molar-refractivity contribution in [3.8, 4) is 11.1 Å². The van der Waals surface area contributed by atoms with Crippen molar-refractivity contribution in [2.24, 2.45) is 11.8 Å². The van der Waals surface area contributed by atoms with Crippen molar-refractivity contribution in [3.63, 3.8) is 0 Å². The highest BCUT2D eigenvalue weighted by Crippen LogP contribution is 2.27. The maximum absolute atomic E-state index is 13.0. The minimum Gasteiger partial charge on any atom is -0.322 e. The Kier molecular flexibility index (Phi) is 6.44. The first kappa shape index (κ1) is 22.2. The molecule has 4 rings (SSSR count). The van der Waals surface area contributed by atoms with Crippen LogP contribution in [0.3, 0.4) is 0 Å². The molecule has 0 spiro atoms. The molecule has 5 nitrogen and oxygen atoms in total. The van der Waals surface area contributed by atoms with Crippen LogP contribution >= 0.6 is 0 Å². The van der Waals surface area contributed by atoms with Crippen LogP contribution in [0.4, 0.5) is 5.69 Å². The van der Waals surface area contributed by atoms with E-state index in [1.165, 1.54) is 0 Å². The lowest BCUT2D eigenvalue weighted by Gasteiger charge is -2.34. The number of anilines is 1. The zero-order valence-corrected chi connectivity index (χ0v) is 19.2. The second-order valence-corrected chi connectivity index (χ2v) is 10.6. The standard InChI is InChI=1S/C26H28N2O3S/c1-19-16-20(2)18-28(17-19)32(30,31)25-14-12-24(13-15-25)27-26(29)23-10-8-22(9-11-23)21-6-4-3-5-7-21/h3-15,19-20H,16-18H2,1-2H3,(H,27,29). The van der Waals surface area contributed by atoms with Gasteiger partial charge in [0.25, 0.3) is 5.91 Å². The molecule has 0 saturated carbocycles. The molecule has 0 radical (unpaired) electrons. The van der Waals surface area contributed by atoms with Crippen LogP contribution in [0.25, 0.3) is 11.1 Å². The second-order valence-electron chi connectivity index (χ2n) is 8.69. The Bertz CT molecular complexity index is 1160. The number of hydrogen-bond donors (Lipinski definition) is 1. The molecular weight excluding hydrogens is 420 g/mol. The van der Waals surface area contributed by atoms with Crippen molar-refractivity contribution in [2.75, 3.05) is 18.4 Å². The predicted molar refractivity (Wildman–Crippen MR) is 128 cm³/mol. The number of nitrogens with one attached hydrogen (secondary N) is 1. The molecule has 2 unspecified atom stereocenters. The molecule has 1 amide bonds. The topological polar surface area (TPSA) is 66.5 Å². The van der Waals surface area contributed by atoms with E-state index in [2.05, 4.69) is 19.2 Å². The molecule has 32 heavy (non-hydrogen) atoms. The largest absolute Gasteiger partial charge is 0.322 e. The Hall–Kier alpha value is -2.96. The molecule has 1 heterocycles. The van der Waals surface area contributed by atoms with Gasteiger partial charge in [-0.15, -0.1) is 0 Å². The number of carbonyl (C=O) groups excluding carboxylic acids is 1.